The van der Waals surface area contributed by atoms with Crippen molar-refractivity contribution in [3.63, 3.8) is 0 Å². The van der Waals surface area contributed by atoms with Crippen LogP contribution in [-0.2, 0) is 28.3 Å². The third-order valence-electron chi connectivity index (χ3n) is 6.09. The summed E-state index contributed by atoms with van der Waals surface area (Å²) in [6.45, 7) is 6.40. The Hall–Kier alpha value is -2.76. The van der Waals surface area contributed by atoms with Gasteiger partial charge in [-0.05, 0) is 49.1 Å². The van der Waals surface area contributed by atoms with Crippen LogP contribution >= 0.6 is 23.4 Å². The molecule has 6 heteroatoms. The van der Waals surface area contributed by atoms with Gasteiger partial charge >= 0.3 is 0 Å². The number of benzene rings is 3. The third kappa shape index (κ3) is 8.72. The van der Waals surface area contributed by atoms with Crippen molar-refractivity contribution in [2.45, 2.75) is 58.0 Å². The Bertz CT molecular complexity index is 1140. The van der Waals surface area contributed by atoms with Crippen molar-refractivity contribution in [3.05, 3.63) is 106 Å². The lowest BCUT2D eigenvalue weighted by Crippen LogP contribution is -2.52. The van der Waals surface area contributed by atoms with E-state index in [1.807, 2.05) is 74.5 Å². The van der Waals surface area contributed by atoms with Crippen molar-refractivity contribution in [3.8, 4) is 0 Å². The highest BCUT2D eigenvalue weighted by molar-refractivity contribution is 7.99. The van der Waals surface area contributed by atoms with E-state index < -0.39 is 6.04 Å². The van der Waals surface area contributed by atoms with Crippen LogP contribution in [0.1, 0.15) is 42.5 Å². The first-order valence-electron chi connectivity index (χ1n) is 12.4. The lowest BCUT2D eigenvalue weighted by atomic mass is 10.0. The van der Waals surface area contributed by atoms with Gasteiger partial charge in [0.05, 0.1) is 5.75 Å². The van der Waals surface area contributed by atoms with Crippen molar-refractivity contribution in [1.82, 2.24) is 10.2 Å². The molecule has 0 aliphatic heterocycles. The number of thioether (sulfide) groups is 1. The van der Waals surface area contributed by atoms with Crippen LogP contribution in [0.3, 0.4) is 0 Å². The monoisotopic (exact) mass is 522 g/mol. The standard InChI is InChI=1S/C30H35ClN2O2S/c1-4-23(3)32-30(35)28(18-24-11-6-5-7-12-24)33(19-25-13-9-15-27(31)17-25)29(34)21-36-20-26-14-8-10-22(2)16-26/h5-17,23,28H,4,18-21H2,1-3H3,(H,32,35)/t23-,28+/m0/s1. The minimum absolute atomic E-state index is 0.0228. The molecule has 0 fully saturated rings. The van der Waals surface area contributed by atoms with Crippen LogP contribution in [-0.4, -0.2) is 34.6 Å². The normalized spacial score (nSPS) is 12.6. The first kappa shape index (κ1) is 27.8. The summed E-state index contributed by atoms with van der Waals surface area (Å²) in [5.41, 5.74) is 4.29. The van der Waals surface area contributed by atoms with Crippen LogP contribution in [0.2, 0.25) is 5.02 Å². The second-order valence-electron chi connectivity index (χ2n) is 9.16. The maximum atomic E-state index is 13.7. The van der Waals surface area contributed by atoms with Crippen LogP contribution in [0.15, 0.2) is 78.9 Å². The van der Waals surface area contributed by atoms with Crippen LogP contribution < -0.4 is 5.32 Å². The van der Waals surface area contributed by atoms with Gasteiger partial charge in [0.2, 0.25) is 11.8 Å². The summed E-state index contributed by atoms with van der Waals surface area (Å²) in [7, 11) is 0. The van der Waals surface area contributed by atoms with E-state index in [1.165, 1.54) is 11.1 Å². The Kier molecular flexibility index (Phi) is 10.9. The van der Waals surface area contributed by atoms with Crippen molar-refractivity contribution in [2.24, 2.45) is 0 Å². The predicted molar refractivity (Wildman–Crippen MR) is 151 cm³/mol. The summed E-state index contributed by atoms with van der Waals surface area (Å²) >= 11 is 7.81. The van der Waals surface area contributed by atoms with Crippen molar-refractivity contribution < 1.29 is 9.59 Å². The van der Waals surface area contributed by atoms with E-state index >= 15 is 0 Å². The highest BCUT2D eigenvalue weighted by atomic mass is 35.5. The average Bonchev–Trinajstić information content (AvgIpc) is 2.86. The molecule has 0 aromatic heterocycles. The number of nitrogens with zero attached hydrogens (tertiary/aromatic N) is 1. The molecule has 0 radical (unpaired) electrons. The molecule has 0 saturated carbocycles. The lowest BCUT2D eigenvalue weighted by molar-refractivity contribution is -0.139. The minimum Gasteiger partial charge on any atom is -0.352 e. The highest BCUT2D eigenvalue weighted by Crippen LogP contribution is 2.20. The van der Waals surface area contributed by atoms with E-state index in [9.17, 15) is 9.59 Å². The number of aryl methyl sites for hydroxylation is 1. The second kappa shape index (κ2) is 14.1. The van der Waals surface area contributed by atoms with Gasteiger partial charge in [-0.3, -0.25) is 9.59 Å². The first-order chi connectivity index (χ1) is 17.4. The van der Waals surface area contributed by atoms with E-state index in [2.05, 4.69) is 30.4 Å². The summed E-state index contributed by atoms with van der Waals surface area (Å²) in [5, 5.41) is 3.71. The van der Waals surface area contributed by atoms with Crippen LogP contribution in [0.25, 0.3) is 0 Å². The summed E-state index contributed by atoms with van der Waals surface area (Å²) in [4.78, 5) is 28.9. The molecule has 3 rings (SSSR count). The number of amides is 2. The minimum atomic E-state index is -0.632. The fourth-order valence-electron chi connectivity index (χ4n) is 3.97. The van der Waals surface area contributed by atoms with Gasteiger partial charge in [-0.25, -0.2) is 0 Å². The number of carbonyl (C=O) groups excluding carboxylic acids is 2. The molecule has 0 aliphatic carbocycles. The summed E-state index contributed by atoms with van der Waals surface area (Å²) in [6.07, 6.45) is 1.26. The van der Waals surface area contributed by atoms with Gasteiger partial charge in [0.15, 0.2) is 0 Å². The Morgan fingerprint density at radius 3 is 2.33 bits per heavy atom. The lowest BCUT2D eigenvalue weighted by Gasteiger charge is -2.32. The van der Waals surface area contributed by atoms with Gasteiger partial charge in [-0.1, -0.05) is 90.8 Å². The van der Waals surface area contributed by atoms with Crippen molar-refractivity contribution in [2.75, 3.05) is 5.75 Å². The molecule has 2 atom stereocenters. The molecular formula is C30H35ClN2O2S. The van der Waals surface area contributed by atoms with Gasteiger partial charge in [0, 0.05) is 29.8 Å². The molecule has 0 bridgehead atoms. The van der Waals surface area contributed by atoms with E-state index in [-0.39, 0.29) is 23.6 Å². The average molecular weight is 523 g/mol. The Morgan fingerprint density at radius 2 is 1.64 bits per heavy atom. The quantitative estimate of drug-likeness (QED) is 0.298. The summed E-state index contributed by atoms with van der Waals surface area (Å²) in [5.74, 6) is 0.831. The molecule has 36 heavy (non-hydrogen) atoms. The van der Waals surface area contributed by atoms with Gasteiger partial charge < -0.3 is 10.2 Å². The molecule has 0 heterocycles. The molecule has 3 aromatic carbocycles. The maximum absolute atomic E-state index is 13.7. The Labute approximate surface area is 224 Å². The van der Waals surface area contributed by atoms with E-state index in [1.54, 1.807) is 16.7 Å². The fourth-order valence-corrected chi connectivity index (χ4v) is 5.04. The van der Waals surface area contributed by atoms with Crippen molar-refractivity contribution >= 4 is 35.2 Å². The molecule has 3 aromatic rings. The van der Waals surface area contributed by atoms with Crippen LogP contribution in [0.4, 0.5) is 0 Å². The largest absolute Gasteiger partial charge is 0.352 e. The smallest absolute Gasteiger partial charge is 0.243 e. The van der Waals surface area contributed by atoms with E-state index in [4.69, 9.17) is 11.6 Å². The van der Waals surface area contributed by atoms with Gasteiger partial charge in [0.25, 0.3) is 0 Å². The molecule has 0 aliphatic rings. The van der Waals surface area contributed by atoms with Gasteiger partial charge in [0.1, 0.15) is 6.04 Å². The SMILES string of the molecule is CC[C@H](C)NC(=O)[C@@H](Cc1ccccc1)N(Cc1cccc(Cl)c1)C(=O)CSCc1cccc(C)c1. The topological polar surface area (TPSA) is 49.4 Å². The molecule has 1 N–H and O–H groups in total. The summed E-state index contributed by atoms with van der Waals surface area (Å²) in [6, 6.07) is 25.1. The molecule has 4 nitrogen and oxygen atoms in total. The zero-order chi connectivity index (χ0) is 25.9. The van der Waals surface area contributed by atoms with Gasteiger partial charge in [-0.15, -0.1) is 11.8 Å². The molecule has 190 valence electrons. The fraction of sp³-hybridized carbons (Fsp3) is 0.333. The number of hydrogen-bond donors (Lipinski definition) is 1. The molecule has 0 spiro atoms. The molecule has 2 amide bonds. The number of halogens is 1. The third-order valence-corrected chi connectivity index (χ3v) is 7.31. The predicted octanol–water partition coefficient (Wildman–Crippen LogP) is 6.44. The van der Waals surface area contributed by atoms with Crippen LogP contribution in [0, 0.1) is 6.92 Å². The van der Waals surface area contributed by atoms with Gasteiger partial charge in [-0.2, -0.15) is 0 Å². The van der Waals surface area contributed by atoms with E-state index in [0.717, 1.165) is 23.3 Å². The van der Waals surface area contributed by atoms with Crippen LogP contribution in [0.5, 0.6) is 0 Å². The molecule has 0 unspecified atom stereocenters. The number of hydrogen-bond acceptors (Lipinski definition) is 3. The van der Waals surface area contributed by atoms with E-state index in [0.29, 0.717) is 18.0 Å². The Balaban J connectivity index is 1.85. The highest BCUT2D eigenvalue weighted by Gasteiger charge is 2.30. The summed E-state index contributed by atoms with van der Waals surface area (Å²) < 4.78 is 0. The zero-order valence-corrected chi connectivity index (χ0v) is 22.8. The maximum Gasteiger partial charge on any atom is 0.243 e. The first-order valence-corrected chi connectivity index (χ1v) is 13.9. The van der Waals surface area contributed by atoms with Crippen molar-refractivity contribution in [1.29, 1.82) is 0 Å². The zero-order valence-electron chi connectivity index (χ0n) is 21.2. The number of nitrogens with one attached hydrogen (secondary N) is 1. The second-order valence-corrected chi connectivity index (χ2v) is 10.6. The number of carbonyl (C=O) groups is 2. The number of rotatable bonds is 12. The molecular weight excluding hydrogens is 488 g/mol. The Morgan fingerprint density at radius 1 is 0.944 bits per heavy atom. The molecule has 0 saturated heterocycles.